The zero-order valence-electron chi connectivity index (χ0n) is 12.9. The van der Waals surface area contributed by atoms with E-state index in [2.05, 4.69) is 4.89 Å². The number of rotatable bonds is 4. The van der Waals surface area contributed by atoms with Gasteiger partial charge in [-0.25, -0.2) is 0 Å². The molecule has 124 valence electrons. The molecule has 0 aliphatic rings. The van der Waals surface area contributed by atoms with Crippen molar-refractivity contribution < 1.29 is 29.1 Å². The van der Waals surface area contributed by atoms with E-state index in [4.69, 9.17) is 14.0 Å². The van der Waals surface area contributed by atoms with Crippen molar-refractivity contribution in [1.29, 1.82) is 0 Å². The molecule has 0 aliphatic heterocycles. The minimum Gasteiger partial charge on any atom is -0.508 e. The fourth-order valence-corrected chi connectivity index (χ4v) is 2.43. The molecule has 24 heavy (non-hydrogen) atoms. The lowest BCUT2D eigenvalue weighted by Crippen LogP contribution is -2.09. The largest absolute Gasteiger partial charge is 0.508 e. The van der Waals surface area contributed by atoms with Crippen LogP contribution in [0.3, 0.4) is 0 Å². The van der Waals surface area contributed by atoms with Crippen molar-refractivity contribution in [3.63, 3.8) is 0 Å². The van der Waals surface area contributed by atoms with Crippen LogP contribution in [0.2, 0.25) is 0 Å². The first-order valence-corrected chi connectivity index (χ1v) is 6.93. The van der Waals surface area contributed by atoms with Crippen LogP contribution in [0.5, 0.6) is 23.2 Å². The summed E-state index contributed by atoms with van der Waals surface area (Å²) in [6, 6.07) is 8.54. The van der Waals surface area contributed by atoms with E-state index in [1.165, 1.54) is 38.5 Å². The Labute approximate surface area is 136 Å². The van der Waals surface area contributed by atoms with Gasteiger partial charge in [-0.2, -0.15) is 4.89 Å². The number of ether oxygens (including phenoxy) is 1. The molecule has 7 nitrogen and oxygen atoms in total. The maximum Gasteiger partial charge on any atom is 0.296 e. The molecule has 0 spiro atoms. The van der Waals surface area contributed by atoms with Crippen LogP contribution in [0.4, 0.5) is 0 Å². The molecule has 0 fully saturated rings. The number of benzene rings is 2. The summed E-state index contributed by atoms with van der Waals surface area (Å²) in [7, 11) is 2.64. The molecule has 2 N–H and O–H groups in total. The Morgan fingerprint density at radius 2 is 1.71 bits per heavy atom. The molecule has 0 bridgehead atoms. The summed E-state index contributed by atoms with van der Waals surface area (Å²) < 4.78 is 10.8. The van der Waals surface area contributed by atoms with Crippen molar-refractivity contribution in [2.24, 2.45) is 0 Å². The Morgan fingerprint density at radius 3 is 2.33 bits per heavy atom. The average Bonchev–Trinajstić information content (AvgIpc) is 2.55. The van der Waals surface area contributed by atoms with Gasteiger partial charge in [-0.15, -0.1) is 0 Å². The highest BCUT2D eigenvalue weighted by molar-refractivity contribution is 5.89. The summed E-state index contributed by atoms with van der Waals surface area (Å²) in [4.78, 5) is 22.6. The van der Waals surface area contributed by atoms with Gasteiger partial charge in [0.15, 0.2) is 5.75 Å². The first-order chi connectivity index (χ1) is 11.5. The standard InChI is InChI=1S/C17H14O7/c1-21-17-14(9-3-5-10(18)6-4-9)16(20)15-12(23-17)7-11(19)8-13(15)24-22-2/h3-8,18-19H,1-2H3. The van der Waals surface area contributed by atoms with E-state index in [0.717, 1.165) is 0 Å². The summed E-state index contributed by atoms with van der Waals surface area (Å²) in [6.07, 6.45) is 0. The van der Waals surface area contributed by atoms with Gasteiger partial charge in [-0.3, -0.25) is 4.79 Å². The molecule has 0 atom stereocenters. The zero-order valence-corrected chi connectivity index (χ0v) is 12.9. The van der Waals surface area contributed by atoms with Gasteiger partial charge >= 0.3 is 0 Å². The SMILES string of the molecule is COOc1cc(O)cc2oc(OC)c(-c3ccc(O)cc3)c(=O)c12. The monoisotopic (exact) mass is 330 g/mol. The van der Waals surface area contributed by atoms with Crippen molar-refractivity contribution in [2.75, 3.05) is 14.2 Å². The van der Waals surface area contributed by atoms with Gasteiger partial charge in [0, 0.05) is 12.1 Å². The van der Waals surface area contributed by atoms with Gasteiger partial charge in [0.2, 0.25) is 5.43 Å². The summed E-state index contributed by atoms with van der Waals surface area (Å²) in [5, 5.41) is 19.3. The lowest BCUT2D eigenvalue weighted by molar-refractivity contribution is -0.177. The molecule has 0 radical (unpaired) electrons. The fraction of sp³-hybridized carbons (Fsp3) is 0.118. The average molecular weight is 330 g/mol. The predicted molar refractivity (Wildman–Crippen MR) is 85.4 cm³/mol. The lowest BCUT2D eigenvalue weighted by atomic mass is 10.0. The Kier molecular flexibility index (Phi) is 4.01. The topological polar surface area (TPSA) is 98.4 Å². The molecule has 1 heterocycles. The van der Waals surface area contributed by atoms with Gasteiger partial charge in [-0.05, 0) is 17.7 Å². The van der Waals surface area contributed by atoms with Crippen molar-refractivity contribution in [3.05, 3.63) is 46.6 Å². The van der Waals surface area contributed by atoms with Crippen LogP contribution in [-0.2, 0) is 4.89 Å². The Morgan fingerprint density at radius 1 is 1.00 bits per heavy atom. The molecular weight excluding hydrogens is 316 g/mol. The Balaban J connectivity index is 2.38. The molecule has 3 aromatic rings. The van der Waals surface area contributed by atoms with Crippen LogP contribution in [0.15, 0.2) is 45.6 Å². The molecule has 0 saturated heterocycles. The third kappa shape index (κ3) is 2.61. The second kappa shape index (κ2) is 6.13. The predicted octanol–water partition coefficient (Wildman–Crippen LogP) is 2.82. The number of methoxy groups -OCH3 is 1. The van der Waals surface area contributed by atoms with Gasteiger partial charge in [-0.1, -0.05) is 12.1 Å². The van der Waals surface area contributed by atoms with E-state index >= 15 is 0 Å². The molecule has 3 rings (SSSR count). The lowest BCUT2D eigenvalue weighted by Gasteiger charge is -2.11. The third-order valence-corrected chi connectivity index (χ3v) is 3.43. The van der Waals surface area contributed by atoms with Crippen LogP contribution in [0.25, 0.3) is 22.1 Å². The van der Waals surface area contributed by atoms with E-state index in [-0.39, 0.29) is 39.7 Å². The highest BCUT2D eigenvalue weighted by Crippen LogP contribution is 2.36. The van der Waals surface area contributed by atoms with Crippen molar-refractivity contribution in [3.8, 4) is 34.3 Å². The van der Waals surface area contributed by atoms with Crippen molar-refractivity contribution in [2.45, 2.75) is 0 Å². The van der Waals surface area contributed by atoms with Crippen molar-refractivity contribution in [1.82, 2.24) is 0 Å². The number of hydrogen-bond acceptors (Lipinski definition) is 7. The summed E-state index contributed by atoms with van der Waals surface area (Å²) in [5.41, 5.74) is 0.325. The molecular formula is C17H14O7. The van der Waals surface area contributed by atoms with Gasteiger partial charge in [0.1, 0.15) is 28.0 Å². The van der Waals surface area contributed by atoms with Crippen molar-refractivity contribution >= 4 is 11.0 Å². The number of phenols is 2. The van der Waals surface area contributed by atoms with Gasteiger partial charge in [0.25, 0.3) is 5.95 Å². The van der Waals surface area contributed by atoms with Crippen LogP contribution in [0, 0.1) is 0 Å². The molecule has 7 heteroatoms. The van der Waals surface area contributed by atoms with Crippen LogP contribution in [0.1, 0.15) is 0 Å². The second-order valence-electron chi connectivity index (χ2n) is 4.91. The van der Waals surface area contributed by atoms with E-state index < -0.39 is 5.43 Å². The highest BCUT2D eigenvalue weighted by Gasteiger charge is 2.21. The maximum atomic E-state index is 13.0. The third-order valence-electron chi connectivity index (χ3n) is 3.43. The molecule has 0 aliphatic carbocycles. The highest BCUT2D eigenvalue weighted by atomic mass is 17.2. The number of aromatic hydroxyl groups is 2. The van der Waals surface area contributed by atoms with E-state index in [1.54, 1.807) is 12.1 Å². The quantitative estimate of drug-likeness (QED) is 0.560. The first kappa shape index (κ1) is 15.7. The number of hydrogen-bond donors (Lipinski definition) is 2. The molecule has 1 aromatic heterocycles. The Bertz CT molecular complexity index is 942. The minimum atomic E-state index is -0.425. The summed E-state index contributed by atoms with van der Waals surface area (Å²) in [6.45, 7) is 0. The maximum absolute atomic E-state index is 13.0. The normalized spacial score (nSPS) is 10.8. The number of phenolic OH excluding ortho intramolecular Hbond substituents is 2. The summed E-state index contributed by atoms with van der Waals surface area (Å²) >= 11 is 0. The van der Waals surface area contributed by atoms with E-state index in [9.17, 15) is 15.0 Å². The smallest absolute Gasteiger partial charge is 0.296 e. The van der Waals surface area contributed by atoms with Crippen LogP contribution >= 0.6 is 0 Å². The first-order valence-electron chi connectivity index (χ1n) is 6.93. The van der Waals surface area contributed by atoms with Gasteiger partial charge < -0.3 is 24.3 Å². The van der Waals surface area contributed by atoms with Crippen LogP contribution in [-0.4, -0.2) is 24.4 Å². The Hall–Kier alpha value is -3.19. The molecule has 2 aromatic carbocycles. The van der Waals surface area contributed by atoms with E-state index in [1.807, 2.05) is 0 Å². The molecule has 0 unspecified atom stereocenters. The van der Waals surface area contributed by atoms with E-state index in [0.29, 0.717) is 5.56 Å². The fourth-order valence-electron chi connectivity index (χ4n) is 2.43. The summed E-state index contributed by atoms with van der Waals surface area (Å²) in [5.74, 6) is -0.0931. The molecule has 0 saturated carbocycles. The minimum absolute atomic E-state index is 0.0175. The van der Waals surface area contributed by atoms with Crippen LogP contribution < -0.4 is 15.1 Å². The second-order valence-corrected chi connectivity index (χ2v) is 4.91. The molecule has 0 amide bonds. The number of fused-ring (bicyclic) bond motifs is 1. The van der Waals surface area contributed by atoms with Gasteiger partial charge in [0.05, 0.1) is 14.2 Å². The zero-order chi connectivity index (χ0) is 17.3.